The summed E-state index contributed by atoms with van der Waals surface area (Å²) >= 11 is 0. The van der Waals surface area contributed by atoms with E-state index in [1.54, 1.807) is 6.20 Å². The molecule has 2 heterocycles. The third-order valence-corrected chi connectivity index (χ3v) is 3.11. The largest absolute Gasteiger partial charge is 0.468 e. The van der Waals surface area contributed by atoms with Gasteiger partial charge in [0.1, 0.15) is 6.04 Å². The molecule has 0 aromatic carbocycles. The van der Waals surface area contributed by atoms with E-state index in [0.29, 0.717) is 6.04 Å². The van der Waals surface area contributed by atoms with Crippen LogP contribution in [0.25, 0.3) is 0 Å². The van der Waals surface area contributed by atoms with Crippen LogP contribution in [0, 0.1) is 0 Å². The molecule has 16 heavy (non-hydrogen) atoms. The molecule has 0 spiro atoms. The standard InChI is InChI=1S/C11H17N3O2/c1-9(8-13-6-3-5-12-13)14-7-4-10(14)11(15)16-2/h3,5-6,9-10H,4,7-8H2,1-2H3. The number of hydrogen-bond acceptors (Lipinski definition) is 4. The molecule has 1 fully saturated rings. The predicted octanol–water partition coefficient (Wildman–Crippen LogP) is 0.519. The summed E-state index contributed by atoms with van der Waals surface area (Å²) in [5.74, 6) is -0.126. The van der Waals surface area contributed by atoms with Crippen LogP contribution < -0.4 is 0 Å². The number of hydrogen-bond donors (Lipinski definition) is 0. The smallest absolute Gasteiger partial charge is 0.323 e. The molecule has 0 bridgehead atoms. The number of rotatable bonds is 4. The van der Waals surface area contributed by atoms with E-state index in [-0.39, 0.29) is 12.0 Å². The summed E-state index contributed by atoms with van der Waals surface area (Å²) in [6.45, 7) is 3.87. The highest BCUT2D eigenvalue weighted by Crippen LogP contribution is 2.22. The fourth-order valence-corrected chi connectivity index (χ4v) is 2.11. The summed E-state index contributed by atoms with van der Waals surface area (Å²) in [5, 5.41) is 4.16. The van der Waals surface area contributed by atoms with Gasteiger partial charge in [0, 0.05) is 25.0 Å². The Labute approximate surface area is 95.0 Å². The maximum Gasteiger partial charge on any atom is 0.323 e. The monoisotopic (exact) mass is 223 g/mol. The third kappa shape index (κ3) is 2.09. The molecule has 5 heteroatoms. The van der Waals surface area contributed by atoms with Gasteiger partial charge in [0.05, 0.1) is 13.7 Å². The van der Waals surface area contributed by atoms with Crippen molar-refractivity contribution in [3.63, 3.8) is 0 Å². The first-order valence-electron chi connectivity index (χ1n) is 5.53. The van der Waals surface area contributed by atoms with Crippen molar-refractivity contribution in [2.24, 2.45) is 0 Å². The number of nitrogens with zero attached hydrogens (tertiary/aromatic N) is 3. The minimum absolute atomic E-state index is 0.0597. The summed E-state index contributed by atoms with van der Waals surface area (Å²) in [4.78, 5) is 13.6. The Bertz CT molecular complexity index is 350. The lowest BCUT2D eigenvalue weighted by Gasteiger charge is -2.42. The van der Waals surface area contributed by atoms with Crippen LogP contribution in [0.1, 0.15) is 13.3 Å². The number of esters is 1. The molecular weight excluding hydrogens is 206 g/mol. The number of carbonyl (C=O) groups is 1. The molecular formula is C11H17N3O2. The van der Waals surface area contributed by atoms with Crippen molar-refractivity contribution in [2.45, 2.75) is 32.0 Å². The van der Waals surface area contributed by atoms with E-state index in [4.69, 9.17) is 4.74 Å². The Kier molecular flexibility index (Phi) is 3.24. The maximum atomic E-state index is 11.4. The normalized spacial score (nSPS) is 22.5. The Morgan fingerprint density at radius 3 is 3.00 bits per heavy atom. The molecule has 2 atom stereocenters. The fraction of sp³-hybridized carbons (Fsp3) is 0.636. The van der Waals surface area contributed by atoms with Gasteiger partial charge in [0.25, 0.3) is 0 Å². The van der Waals surface area contributed by atoms with Gasteiger partial charge in [-0.05, 0) is 19.4 Å². The SMILES string of the molecule is COC(=O)C1CCN1C(C)Cn1cccn1. The Hall–Kier alpha value is -1.36. The van der Waals surface area contributed by atoms with Crippen LogP contribution in [0.3, 0.4) is 0 Å². The van der Waals surface area contributed by atoms with Crippen molar-refractivity contribution in [1.82, 2.24) is 14.7 Å². The van der Waals surface area contributed by atoms with Crippen LogP contribution in [0.4, 0.5) is 0 Å². The van der Waals surface area contributed by atoms with Gasteiger partial charge in [-0.25, -0.2) is 0 Å². The minimum atomic E-state index is -0.126. The van der Waals surface area contributed by atoms with E-state index in [1.165, 1.54) is 7.11 Å². The van der Waals surface area contributed by atoms with Crippen molar-refractivity contribution in [3.8, 4) is 0 Å². The first kappa shape index (κ1) is 11.1. The lowest BCUT2D eigenvalue weighted by molar-refractivity contribution is -0.153. The average molecular weight is 223 g/mol. The molecule has 1 aromatic heterocycles. The van der Waals surface area contributed by atoms with Crippen molar-refractivity contribution < 1.29 is 9.53 Å². The Balaban J connectivity index is 1.90. The highest BCUT2D eigenvalue weighted by molar-refractivity contribution is 5.76. The lowest BCUT2D eigenvalue weighted by atomic mass is 10.0. The fourth-order valence-electron chi connectivity index (χ4n) is 2.11. The molecule has 1 saturated heterocycles. The maximum absolute atomic E-state index is 11.4. The first-order valence-corrected chi connectivity index (χ1v) is 5.53. The highest BCUT2D eigenvalue weighted by atomic mass is 16.5. The predicted molar refractivity (Wildman–Crippen MR) is 58.8 cm³/mol. The van der Waals surface area contributed by atoms with Crippen molar-refractivity contribution in [2.75, 3.05) is 13.7 Å². The summed E-state index contributed by atoms with van der Waals surface area (Å²) < 4.78 is 6.65. The highest BCUT2D eigenvalue weighted by Gasteiger charge is 2.37. The van der Waals surface area contributed by atoms with E-state index in [2.05, 4.69) is 16.9 Å². The zero-order valence-electron chi connectivity index (χ0n) is 9.67. The van der Waals surface area contributed by atoms with Crippen LogP contribution >= 0.6 is 0 Å². The van der Waals surface area contributed by atoms with E-state index >= 15 is 0 Å². The Morgan fingerprint density at radius 2 is 2.50 bits per heavy atom. The number of ether oxygens (including phenoxy) is 1. The molecule has 5 nitrogen and oxygen atoms in total. The molecule has 0 N–H and O–H groups in total. The zero-order valence-corrected chi connectivity index (χ0v) is 9.67. The van der Waals surface area contributed by atoms with Crippen LogP contribution in [-0.2, 0) is 16.1 Å². The van der Waals surface area contributed by atoms with Gasteiger partial charge in [0.15, 0.2) is 0 Å². The van der Waals surface area contributed by atoms with E-state index in [0.717, 1.165) is 19.5 Å². The molecule has 2 unspecified atom stereocenters. The summed E-state index contributed by atoms with van der Waals surface area (Å²) in [6.07, 6.45) is 4.60. The second-order valence-corrected chi connectivity index (χ2v) is 4.14. The van der Waals surface area contributed by atoms with Crippen molar-refractivity contribution >= 4 is 5.97 Å². The second-order valence-electron chi connectivity index (χ2n) is 4.14. The van der Waals surface area contributed by atoms with Gasteiger partial charge >= 0.3 is 5.97 Å². The summed E-state index contributed by atoms with van der Waals surface area (Å²) in [7, 11) is 1.44. The van der Waals surface area contributed by atoms with Gasteiger partial charge in [-0.1, -0.05) is 0 Å². The molecule has 1 aliphatic rings. The second kappa shape index (κ2) is 4.65. The third-order valence-electron chi connectivity index (χ3n) is 3.11. The van der Waals surface area contributed by atoms with Crippen LogP contribution in [0.2, 0.25) is 0 Å². The number of aromatic nitrogens is 2. The quantitative estimate of drug-likeness (QED) is 0.698. The molecule has 0 amide bonds. The molecule has 1 aromatic rings. The number of likely N-dealkylation sites (tertiary alicyclic amines) is 1. The average Bonchev–Trinajstić information content (AvgIpc) is 2.68. The van der Waals surface area contributed by atoms with Gasteiger partial charge in [0.2, 0.25) is 0 Å². The van der Waals surface area contributed by atoms with E-state index in [1.807, 2.05) is 16.9 Å². The van der Waals surface area contributed by atoms with E-state index < -0.39 is 0 Å². The van der Waals surface area contributed by atoms with Gasteiger partial charge in [-0.3, -0.25) is 14.4 Å². The van der Waals surface area contributed by atoms with Crippen molar-refractivity contribution in [3.05, 3.63) is 18.5 Å². The minimum Gasteiger partial charge on any atom is -0.468 e. The molecule has 2 rings (SSSR count). The van der Waals surface area contributed by atoms with Crippen LogP contribution in [0.5, 0.6) is 0 Å². The van der Waals surface area contributed by atoms with Gasteiger partial charge in [-0.15, -0.1) is 0 Å². The molecule has 88 valence electrons. The topological polar surface area (TPSA) is 47.4 Å². The number of carbonyl (C=O) groups excluding carboxylic acids is 1. The first-order chi connectivity index (χ1) is 7.72. The van der Waals surface area contributed by atoms with Crippen molar-refractivity contribution in [1.29, 1.82) is 0 Å². The molecule has 1 aliphatic heterocycles. The van der Waals surface area contributed by atoms with Gasteiger partial charge in [-0.2, -0.15) is 5.10 Å². The van der Waals surface area contributed by atoms with Gasteiger partial charge < -0.3 is 4.74 Å². The summed E-state index contributed by atoms with van der Waals surface area (Å²) in [5.41, 5.74) is 0. The van der Waals surface area contributed by atoms with Crippen LogP contribution in [0.15, 0.2) is 18.5 Å². The van der Waals surface area contributed by atoms with Crippen LogP contribution in [-0.4, -0.2) is 46.4 Å². The molecule has 0 aliphatic carbocycles. The van der Waals surface area contributed by atoms with E-state index in [9.17, 15) is 4.79 Å². The number of methoxy groups -OCH3 is 1. The lowest BCUT2D eigenvalue weighted by Crippen LogP contribution is -2.57. The molecule has 0 saturated carbocycles. The zero-order chi connectivity index (χ0) is 11.5. The molecule has 0 radical (unpaired) electrons. The Morgan fingerprint density at radius 1 is 1.69 bits per heavy atom. The summed E-state index contributed by atoms with van der Waals surface area (Å²) in [6, 6.07) is 2.15.